The van der Waals surface area contributed by atoms with Gasteiger partial charge in [0.1, 0.15) is 6.04 Å². The van der Waals surface area contributed by atoms with Crippen LogP contribution in [0.2, 0.25) is 0 Å². The molecule has 270 valence electrons. The Morgan fingerprint density at radius 2 is 1.51 bits per heavy atom. The second kappa shape index (κ2) is 13.2. The topological polar surface area (TPSA) is 142 Å². The lowest BCUT2D eigenvalue weighted by Gasteiger charge is -2.47. The minimum Gasteiger partial charge on any atom is -0.490 e. The molecule has 4 amide bonds. The summed E-state index contributed by atoms with van der Waals surface area (Å²) in [4.78, 5) is 67.6. The van der Waals surface area contributed by atoms with Gasteiger partial charge in [-0.3, -0.25) is 39.5 Å². The summed E-state index contributed by atoms with van der Waals surface area (Å²) in [6.07, 6.45) is 13.4. The molecule has 8 rings (SSSR count). The van der Waals surface area contributed by atoms with Crippen molar-refractivity contribution in [2.24, 2.45) is 17.3 Å². The summed E-state index contributed by atoms with van der Waals surface area (Å²) in [5, 5.41) is 13.9. The predicted octanol–water partition coefficient (Wildman–Crippen LogP) is 5.97. The molecule has 2 aromatic carbocycles. The van der Waals surface area contributed by atoms with Crippen LogP contribution >= 0.6 is 0 Å². The van der Waals surface area contributed by atoms with Crippen molar-refractivity contribution in [3.63, 3.8) is 0 Å². The van der Waals surface area contributed by atoms with Gasteiger partial charge in [0.2, 0.25) is 11.8 Å². The zero-order valence-electron chi connectivity index (χ0n) is 29.4. The summed E-state index contributed by atoms with van der Waals surface area (Å²) in [6, 6.07) is 8.14. The highest BCUT2D eigenvalue weighted by atomic mass is 16.6. The molecule has 12 nitrogen and oxygen atoms in total. The van der Waals surface area contributed by atoms with Gasteiger partial charge in [-0.25, -0.2) is 0 Å². The van der Waals surface area contributed by atoms with Crippen molar-refractivity contribution >= 4 is 40.7 Å². The lowest BCUT2D eigenvalue weighted by Crippen LogP contribution is -2.54. The summed E-state index contributed by atoms with van der Waals surface area (Å²) < 4.78 is 5.44. The van der Waals surface area contributed by atoms with E-state index >= 15 is 0 Å². The van der Waals surface area contributed by atoms with Gasteiger partial charge in [-0.05, 0) is 124 Å². The monoisotopic (exact) mass is 697 g/mol. The molecule has 6 aliphatic rings. The van der Waals surface area contributed by atoms with Crippen LogP contribution in [0.1, 0.15) is 116 Å². The Hall–Kier alpha value is -4.48. The molecule has 2 saturated carbocycles. The summed E-state index contributed by atoms with van der Waals surface area (Å²) in [6.45, 7) is 3.79. The fourth-order valence-electron chi connectivity index (χ4n) is 9.68. The predicted molar refractivity (Wildman–Crippen MR) is 190 cm³/mol. The van der Waals surface area contributed by atoms with Crippen LogP contribution in [0, 0.1) is 27.4 Å². The standard InChI is InChI=1S/C39H47N5O7/c1-51-34-23-32(29(26-2-3-26)22-33(34)44(49)50)42-18-14-39(15-19-42)12-8-24(9-13-39)20-25-10-16-41(17-11-25)27-4-5-28-30(21-27)38(48)43(37(28)47)31-6-7-35(45)40-36(31)46/h4-5,21-26,31H,2-3,6-20H2,1H3,(H,40,45,46). The van der Waals surface area contributed by atoms with E-state index in [1.807, 2.05) is 12.1 Å². The summed E-state index contributed by atoms with van der Waals surface area (Å²) >= 11 is 0. The first-order chi connectivity index (χ1) is 24.6. The van der Waals surface area contributed by atoms with Gasteiger partial charge in [0.25, 0.3) is 11.8 Å². The number of carbonyl (C=O) groups is 4. The van der Waals surface area contributed by atoms with Crippen LogP contribution < -0.4 is 19.9 Å². The average molecular weight is 698 g/mol. The van der Waals surface area contributed by atoms with E-state index in [0.717, 1.165) is 79.6 Å². The molecular formula is C39H47N5O7. The minimum absolute atomic E-state index is 0.0677. The van der Waals surface area contributed by atoms with E-state index in [9.17, 15) is 29.3 Å². The maximum absolute atomic E-state index is 13.3. The normalized spacial score (nSPS) is 24.3. The number of rotatable bonds is 8. The summed E-state index contributed by atoms with van der Waals surface area (Å²) in [5.74, 6) is 0.304. The van der Waals surface area contributed by atoms with Gasteiger partial charge >= 0.3 is 5.69 Å². The van der Waals surface area contributed by atoms with Crippen molar-refractivity contribution in [3.05, 3.63) is 57.1 Å². The zero-order chi connectivity index (χ0) is 35.4. The highest BCUT2D eigenvalue weighted by Gasteiger charge is 2.45. The fourth-order valence-corrected chi connectivity index (χ4v) is 9.68. The van der Waals surface area contributed by atoms with E-state index in [4.69, 9.17) is 4.74 Å². The van der Waals surface area contributed by atoms with E-state index in [2.05, 4.69) is 15.1 Å². The molecule has 1 atom stereocenters. The van der Waals surface area contributed by atoms with Crippen molar-refractivity contribution in [2.45, 2.75) is 95.4 Å². The molecule has 51 heavy (non-hydrogen) atoms. The second-order valence-electron chi connectivity index (χ2n) is 15.9. The first-order valence-corrected chi connectivity index (χ1v) is 18.8. The number of amides is 4. The van der Waals surface area contributed by atoms with Crippen LogP contribution in [0.25, 0.3) is 0 Å². The van der Waals surface area contributed by atoms with E-state index < -0.39 is 23.8 Å². The number of methoxy groups -OCH3 is 1. The Bertz CT molecular complexity index is 1760. The number of hydrogen-bond donors (Lipinski definition) is 1. The zero-order valence-corrected chi connectivity index (χ0v) is 29.4. The molecule has 0 bridgehead atoms. The third-order valence-corrected chi connectivity index (χ3v) is 12.9. The first kappa shape index (κ1) is 33.7. The average Bonchev–Trinajstić information content (AvgIpc) is 3.96. The van der Waals surface area contributed by atoms with Crippen LogP contribution in [0.3, 0.4) is 0 Å². The lowest BCUT2D eigenvalue weighted by atomic mass is 9.64. The Balaban J connectivity index is 0.824. The fraction of sp³-hybridized carbons (Fsp3) is 0.590. The van der Waals surface area contributed by atoms with Gasteiger partial charge in [-0.1, -0.05) is 0 Å². The Morgan fingerprint density at radius 1 is 0.824 bits per heavy atom. The molecule has 2 aliphatic carbocycles. The number of benzene rings is 2. The molecular weight excluding hydrogens is 650 g/mol. The van der Waals surface area contributed by atoms with E-state index in [1.54, 1.807) is 18.2 Å². The third-order valence-electron chi connectivity index (χ3n) is 12.9. The van der Waals surface area contributed by atoms with Crippen molar-refractivity contribution in [1.82, 2.24) is 10.2 Å². The van der Waals surface area contributed by atoms with Crippen molar-refractivity contribution < 1.29 is 28.8 Å². The molecule has 1 N–H and O–H groups in total. The van der Waals surface area contributed by atoms with Gasteiger partial charge in [-0.15, -0.1) is 0 Å². The largest absolute Gasteiger partial charge is 0.490 e. The molecule has 0 radical (unpaired) electrons. The number of nitro benzene ring substituents is 1. The molecule has 1 spiro atoms. The van der Waals surface area contributed by atoms with E-state index in [-0.39, 0.29) is 29.4 Å². The molecule has 12 heteroatoms. The number of ether oxygens (including phenoxy) is 1. The Morgan fingerprint density at radius 3 is 2.16 bits per heavy atom. The van der Waals surface area contributed by atoms with Crippen LogP contribution in [-0.4, -0.2) is 72.8 Å². The maximum Gasteiger partial charge on any atom is 0.311 e. The third kappa shape index (κ3) is 6.35. The van der Waals surface area contributed by atoms with Gasteiger partial charge in [0.05, 0.1) is 23.2 Å². The molecule has 4 aliphatic heterocycles. The lowest BCUT2D eigenvalue weighted by molar-refractivity contribution is -0.385. The summed E-state index contributed by atoms with van der Waals surface area (Å²) in [5.41, 5.74) is 4.30. The molecule has 4 heterocycles. The molecule has 2 aromatic rings. The van der Waals surface area contributed by atoms with Gasteiger partial charge in [0.15, 0.2) is 5.75 Å². The number of carbonyl (C=O) groups excluding carboxylic acids is 4. The van der Waals surface area contributed by atoms with Gasteiger partial charge in [-0.2, -0.15) is 0 Å². The van der Waals surface area contributed by atoms with Crippen molar-refractivity contribution in [1.29, 1.82) is 0 Å². The van der Waals surface area contributed by atoms with Gasteiger partial charge in [0, 0.05) is 56.1 Å². The number of hydrogen-bond acceptors (Lipinski definition) is 9. The number of anilines is 2. The smallest absolute Gasteiger partial charge is 0.311 e. The number of piperidine rings is 3. The second-order valence-corrected chi connectivity index (χ2v) is 15.9. The SMILES string of the molecule is COc1cc(N2CCC3(CCC(CC4CCN(c5ccc6c(c5)C(=O)N(C5CCC(=O)NC5=O)C6=O)CC4)CC3)CC2)c(C2CC2)cc1[N+](=O)[O-]. The van der Waals surface area contributed by atoms with Crippen LogP contribution in [0.4, 0.5) is 17.1 Å². The minimum atomic E-state index is -0.955. The number of nitrogens with zero attached hydrogens (tertiary/aromatic N) is 4. The molecule has 1 unspecified atom stereocenters. The summed E-state index contributed by atoms with van der Waals surface area (Å²) in [7, 11) is 1.51. The Kier molecular flexibility index (Phi) is 8.74. The number of fused-ring (bicyclic) bond motifs is 1. The molecule has 0 aromatic heterocycles. The van der Waals surface area contributed by atoms with Crippen molar-refractivity contribution in [2.75, 3.05) is 43.1 Å². The van der Waals surface area contributed by atoms with Gasteiger partial charge < -0.3 is 14.5 Å². The van der Waals surface area contributed by atoms with Crippen LogP contribution in [0.5, 0.6) is 5.75 Å². The van der Waals surface area contributed by atoms with E-state index in [0.29, 0.717) is 34.1 Å². The molecule has 3 saturated heterocycles. The van der Waals surface area contributed by atoms with E-state index in [1.165, 1.54) is 52.1 Å². The highest BCUT2D eigenvalue weighted by Crippen LogP contribution is 2.52. The quantitative estimate of drug-likeness (QED) is 0.201. The molecule has 5 fully saturated rings. The number of nitrogens with one attached hydrogen (secondary N) is 1. The van der Waals surface area contributed by atoms with Crippen LogP contribution in [-0.2, 0) is 9.59 Å². The maximum atomic E-state index is 13.3. The highest BCUT2D eigenvalue weighted by molar-refractivity contribution is 6.23. The Labute approximate surface area is 298 Å². The number of nitro groups is 1. The van der Waals surface area contributed by atoms with Crippen LogP contribution in [0.15, 0.2) is 30.3 Å². The first-order valence-electron chi connectivity index (χ1n) is 18.8. The number of imide groups is 2. The van der Waals surface area contributed by atoms with Crippen molar-refractivity contribution in [3.8, 4) is 5.75 Å².